The van der Waals surface area contributed by atoms with Crippen LogP contribution in [0.2, 0.25) is 0 Å². The molecule has 0 spiro atoms. The van der Waals surface area contributed by atoms with Gasteiger partial charge in [-0.1, -0.05) is 24.3 Å². The van der Waals surface area contributed by atoms with Crippen LogP contribution in [0.5, 0.6) is 11.5 Å². The van der Waals surface area contributed by atoms with E-state index in [-0.39, 0.29) is 11.1 Å². The van der Waals surface area contributed by atoms with Crippen LogP contribution in [0.25, 0.3) is 0 Å². The summed E-state index contributed by atoms with van der Waals surface area (Å²) in [4.78, 5) is 83.9. The molecule has 2 aliphatic carbocycles. The van der Waals surface area contributed by atoms with Gasteiger partial charge < -0.3 is 39.4 Å². The summed E-state index contributed by atoms with van der Waals surface area (Å²) in [6.45, 7) is 2.57. The molecule has 0 amide bonds. The van der Waals surface area contributed by atoms with Gasteiger partial charge in [-0.05, 0) is 38.8 Å². The fraction of sp³-hybridized carbons (Fsp3) is 0.471. The molecule has 0 radical (unpaired) electrons. The minimum Gasteiger partial charge on any atom is -0.507 e. The zero-order valence-electron chi connectivity index (χ0n) is 26.9. The van der Waals surface area contributed by atoms with Gasteiger partial charge in [0.2, 0.25) is 11.6 Å². The summed E-state index contributed by atoms with van der Waals surface area (Å²) in [5, 5.41) is 46.8. The van der Waals surface area contributed by atoms with E-state index >= 15 is 9.59 Å². The van der Waals surface area contributed by atoms with E-state index in [1.807, 2.05) is 0 Å². The summed E-state index contributed by atoms with van der Waals surface area (Å²) in [6, 6.07) is 7.44. The number of phenols is 2. The van der Waals surface area contributed by atoms with Gasteiger partial charge in [-0.15, -0.1) is 11.8 Å². The first-order valence-corrected chi connectivity index (χ1v) is 16.3. The number of thioether (sulfide) groups is 1. The van der Waals surface area contributed by atoms with Gasteiger partial charge in [0.25, 0.3) is 0 Å². The second kappa shape index (κ2) is 11.7. The fourth-order valence-corrected chi connectivity index (χ4v) is 10.3. The third-order valence-electron chi connectivity index (χ3n) is 10.3. The number of phenolic OH excluding ortho intramolecular Hbond substituents is 2. The number of carbonyl (C=O) groups is 6. The number of hydrogen-bond donors (Lipinski definition) is 4. The van der Waals surface area contributed by atoms with Gasteiger partial charge in [-0.25, -0.2) is 0 Å². The van der Waals surface area contributed by atoms with Crippen molar-refractivity contribution < 1.29 is 68.1 Å². The number of hydrogen-bond acceptors (Lipinski definition) is 15. The summed E-state index contributed by atoms with van der Waals surface area (Å²) in [5.74, 6) is -6.87. The summed E-state index contributed by atoms with van der Waals surface area (Å²) >= 11 is 0.381. The van der Waals surface area contributed by atoms with Crippen LogP contribution in [-0.2, 0) is 28.5 Å². The third kappa shape index (κ3) is 4.55. The van der Waals surface area contributed by atoms with E-state index in [0.29, 0.717) is 11.8 Å². The van der Waals surface area contributed by atoms with E-state index in [1.54, 1.807) is 0 Å². The molecule has 2 saturated heterocycles. The number of esters is 2. The summed E-state index contributed by atoms with van der Waals surface area (Å²) in [7, 11) is 2.26. The summed E-state index contributed by atoms with van der Waals surface area (Å²) in [5.41, 5.74) is -7.33. The van der Waals surface area contributed by atoms with Crippen molar-refractivity contribution in [1.82, 2.24) is 0 Å². The van der Waals surface area contributed by atoms with Crippen LogP contribution in [-0.4, -0.2) is 115 Å². The Balaban J connectivity index is 1.66. The number of ketones is 4. The predicted molar refractivity (Wildman–Crippen MR) is 168 cm³/mol. The number of ether oxygens (including phenoxy) is 4. The van der Waals surface area contributed by atoms with E-state index in [9.17, 15) is 39.6 Å². The number of Topliss-reactive ketones (excluding diaryl/α,β-unsaturated/α-hetero) is 4. The highest BCUT2D eigenvalue weighted by molar-refractivity contribution is 8.03. The van der Waals surface area contributed by atoms with Crippen LogP contribution >= 0.6 is 11.8 Å². The zero-order valence-corrected chi connectivity index (χ0v) is 27.7. The maximum absolute atomic E-state index is 15.0. The lowest BCUT2D eigenvalue weighted by atomic mass is 9.63. The Hall–Kier alpha value is -4.15. The molecule has 15 heteroatoms. The van der Waals surface area contributed by atoms with Crippen LogP contribution < -0.4 is 0 Å². The maximum atomic E-state index is 15.0. The van der Waals surface area contributed by atoms with Crippen molar-refractivity contribution >= 4 is 46.8 Å². The highest BCUT2D eigenvalue weighted by atomic mass is 32.2. The lowest BCUT2D eigenvalue weighted by molar-refractivity contribution is -0.173. The Labute approximate surface area is 283 Å². The first-order chi connectivity index (χ1) is 23.0. The molecule has 4 aliphatic rings. The average Bonchev–Trinajstić information content (AvgIpc) is 3.06. The molecule has 0 bridgehead atoms. The molecular weight excluding hydrogens is 664 g/mol. The van der Waals surface area contributed by atoms with Crippen LogP contribution in [0.15, 0.2) is 36.4 Å². The van der Waals surface area contributed by atoms with E-state index in [2.05, 4.69) is 0 Å². The first-order valence-electron chi connectivity index (χ1n) is 15.5. The van der Waals surface area contributed by atoms with E-state index in [1.165, 1.54) is 38.1 Å². The van der Waals surface area contributed by atoms with Crippen molar-refractivity contribution in [3.8, 4) is 11.5 Å². The monoisotopic (exact) mass is 698 g/mol. The quantitative estimate of drug-likeness (QED) is 0.316. The van der Waals surface area contributed by atoms with Crippen molar-refractivity contribution in [2.75, 3.05) is 14.2 Å². The summed E-state index contributed by atoms with van der Waals surface area (Å²) in [6.07, 6.45) is -7.60. The molecule has 2 fully saturated rings. The fourth-order valence-electron chi connectivity index (χ4n) is 7.91. The first kappa shape index (κ1) is 34.7. The van der Waals surface area contributed by atoms with Gasteiger partial charge in [0.15, 0.2) is 22.8 Å². The molecule has 2 heterocycles. The number of aliphatic hydroxyl groups is 2. The largest absolute Gasteiger partial charge is 0.507 e. The molecule has 0 saturated carbocycles. The molecular formula is C34H34O14S. The predicted octanol–water partition coefficient (Wildman–Crippen LogP) is 1.71. The van der Waals surface area contributed by atoms with Crippen molar-refractivity contribution in [2.45, 2.75) is 84.6 Å². The molecule has 14 nitrogen and oxygen atoms in total. The second-order valence-electron chi connectivity index (χ2n) is 12.8. The Kier molecular flexibility index (Phi) is 8.31. The molecule has 2 aromatic carbocycles. The molecule has 2 aromatic rings. The Morgan fingerprint density at radius 2 is 1.08 bits per heavy atom. The van der Waals surface area contributed by atoms with E-state index < -0.39 is 128 Å². The molecule has 4 N–H and O–H groups in total. The van der Waals surface area contributed by atoms with Crippen molar-refractivity contribution in [3.63, 3.8) is 0 Å². The van der Waals surface area contributed by atoms with Gasteiger partial charge in [-0.3, -0.25) is 28.8 Å². The number of fused-ring (bicyclic) bond motifs is 4. The molecule has 260 valence electrons. The van der Waals surface area contributed by atoms with Crippen molar-refractivity contribution in [3.05, 3.63) is 58.7 Å². The minimum absolute atomic E-state index is 0.313. The van der Waals surface area contributed by atoms with Crippen LogP contribution in [0.4, 0.5) is 0 Å². The molecule has 2 aliphatic heterocycles. The van der Waals surface area contributed by atoms with Gasteiger partial charge >= 0.3 is 11.9 Å². The topological polar surface area (TPSA) is 220 Å². The standard InChI is InChI=1S/C34H34O14S/c1-15-33(43)29(41)25-19(7-5-9-21(25)35)27(39)31(33,13-17(47-15)11-23(37)45-3)49-32-14-18(12-24(38)46-4)48-16(2)34(32,44)30(42)26-20(28(32)40)8-6-10-22(26)36/h5-10,15-18,35-36,43-44H,11-14H2,1-4H3/t15-,16+,17-,18-,31+,32+,33-,34-/m0/s1. The van der Waals surface area contributed by atoms with E-state index in [4.69, 9.17) is 18.9 Å². The van der Waals surface area contributed by atoms with Crippen LogP contribution in [0, 0.1) is 0 Å². The molecule has 49 heavy (non-hydrogen) atoms. The number of benzene rings is 2. The number of aromatic hydroxyl groups is 2. The average molecular weight is 699 g/mol. The number of carbonyl (C=O) groups excluding carboxylic acids is 6. The third-order valence-corrected chi connectivity index (χ3v) is 12.3. The van der Waals surface area contributed by atoms with Crippen molar-refractivity contribution in [1.29, 1.82) is 0 Å². The lowest BCUT2D eigenvalue weighted by Crippen LogP contribution is -2.79. The highest BCUT2D eigenvalue weighted by Gasteiger charge is 2.78. The minimum atomic E-state index is -2.86. The van der Waals surface area contributed by atoms with Crippen molar-refractivity contribution in [2.24, 2.45) is 0 Å². The summed E-state index contributed by atoms with van der Waals surface area (Å²) < 4.78 is 16.6. The Morgan fingerprint density at radius 3 is 1.43 bits per heavy atom. The molecule has 6 rings (SSSR count). The zero-order chi connectivity index (χ0) is 35.8. The Bertz CT molecular complexity index is 1690. The number of methoxy groups -OCH3 is 2. The van der Waals surface area contributed by atoms with Crippen LogP contribution in [0.1, 0.15) is 81.0 Å². The molecule has 0 aromatic heterocycles. The highest BCUT2D eigenvalue weighted by Crippen LogP contribution is 2.64. The molecule has 0 unspecified atom stereocenters. The maximum Gasteiger partial charge on any atom is 0.308 e. The van der Waals surface area contributed by atoms with Gasteiger partial charge in [0.05, 0.1) is 62.6 Å². The SMILES string of the molecule is COC(=O)C[C@H]1C[C@@]2(S[C@@]34C[C@H](CC(=O)OC)O[C@H](C)[C@]3(O)C(=O)c3c(O)cccc3C4=O)C(=O)c3cccc(O)c3C(=O)[C@@]2(O)[C@H](C)O1. The van der Waals surface area contributed by atoms with Crippen LogP contribution in [0.3, 0.4) is 0 Å². The molecule has 8 atom stereocenters. The van der Waals surface area contributed by atoms with Gasteiger partial charge in [0, 0.05) is 11.1 Å². The normalized spacial score (nSPS) is 35.1. The smallest absolute Gasteiger partial charge is 0.308 e. The van der Waals surface area contributed by atoms with E-state index in [0.717, 1.165) is 26.4 Å². The lowest BCUT2D eigenvalue weighted by Gasteiger charge is -2.61. The number of rotatable bonds is 6. The van der Waals surface area contributed by atoms with Gasteiger partial charge in [-0.2, -0.15) is 0 Å². The van der Waals surface area contributed by atoms with Gasteiger partial charge in [0.1, 0.15) is 21.0 Å². The second-order valence-corrected chi connectivity index (χ2v) is 14.4. The Morgan fingerprint density at radius 1 is 0.714 bits per heavy atom.